The van der Waals surface area contributed by atoms with Crippen molar-refractivity contribution in [2.75, 3.05) is 32.7 Å². The highest BCUT2D eigenvalue weighted by Crippen LogP contribution is 2.45. The summed E-state index contributed by atoms with van der Waals surface area (Å²) in [7, 11) is 4.15. The molecule has 1 atom stereocenters. The second-order valence-corrected chi connectivity index (χ2v) is 5.07. The molecular formula is C14H16N2O6. The normalized spacial score (nSPS) is 19.8. The van der Waals surface area contributed by atoms with Crippen molar-refractivity contribution in [2.45, 2.75) is 11.8 Å². The van der Waals surface area contributed by atoms with Gasteiger partial charge in [0.25, 0.3) is 0 Å². The molecule has 22 heavy (non-hydrogen) atoms. The number of anilines is 1. The van der Waals surface area contributed by atoms with Crippen molar-refractivity contribution in [2.24, 2.45) is 0 Å². The monoisotopic (exact) mass is 308 g/mol. The van der Waals surface area contributed by atoms with Crippen LogP contribution in [0.5, 0.6) is 5.75 Å². The van der Waals surface area contributed by atoms with Crippen molar-refractivity contribution in [3.63, 3.8) is 0 Å². The Labute approximate surface area is 126 Å². The third-order valence-corrected chi connectivity index (χ3v) is 3.87. The van der Waals surface area contributed by atoms with Crippen LogP contribution in [0.2, 0.25) is 0 Å². The number of esters is 1. The van der Waals surface area contributed by atoms with Crippen molar-refractivity contribution < 1.29 is 24.0 Å². The molecule has 0 fully saturated rings. The van der Waals surface area contributed by atoms with Crippen LogP contribution < -0.4 is 9.64 Å². The number of carbonyl (C=O) groups is 2. The molecule has 1 amide bonds. The van der Waals surface area contributed by atoms with Gasteiger partial charge in [-0.15, -0.1) is 0 Å². The number of carbonyl (C=O) groups excluding carboxylic acids is 2. The molecule has 1 aliphatic heterocycles. The highest BCUT2D eigenvalue weighted by atomic mass is 16.6. The summed E-state index contributed by atoms with van der Waals surface area (Å²) in [6.45, 7) is -0.689. The highest BCUT2D eigenvalue weighted by Gasteiger charge is 2.55. The van der Waals surface area contributed by atoms with Crippen LogP contribution in [0.4, 0.5) is 5.69 Å². The van der Waals surface area contributed by atoms with Gasteiger partial charge >= 0.3 is 5.97 Å². The summed E-state index contributed by atoms with van der Waals surface area (Å²) in [4.78, 5) is 36.2. The summed E-state index contributed by atoms with van der Waals surface area (Å²) in [5, 5.41) is 11.1. The number of likely N-dealkylation sites (N-methyl/N-ethyl adjacent to an activating group) is 1. The largest absolute Gasteiger partial charge is 0.497 e. The van der Waals surface area contributed by atoms with E-state index in [9.17, 15) is 19.7 Å². The molecule has 8 heteroatoms. The number of benzene rings is 1. The average Bonchev–Trinajstić information content (AvgIpc) is 2.68. The fraction of sp³-hybridized carbons (Fsp3) is 0.429. The third kappa shape index (κ3) is 2.36. The number of nitro groups is 1. The Morgan fingerprint density at radius 2 is 2.09 bits per heavy atom. The molecule has 0 bridgehead atoms. The molecule has 0 spiro atoms. The van der Waals surface area contributed by atoms with Crippen LogP contribution in [-0.2, 0) is 19.7 Å². The molecule has 0 unspecified atom stereocenters. The van der Waals surface area contributed by atoms with Gasteiger partial charge in [-0.2, -0.15) is 0 Å². The van der Waals surface area contributed by atoms with Gasteiger partial charge in [-0.05, 0) is 18.2 Å². The minimum Gasteiger partial charge on any atom is -0.497 e. The second-order valence-electron chi connectivity index (χ2n) is 5.07. The summed E-state index contributed by atoms with van der Waals surface area (Å²) in [6.07, 6.45) is -0.395. The smallest absolute Gasteiger partial charge is 0.307 e. The van der Waals surface area contributed by atoms with Crippen LogP contribution in [0.15, 0.2) is 18.2 Å². The van der Waals surface area contributed by atoms with E-state index < -0.39 is 35.2 Å². The number of rotatable bonds is 5. The molecule has 0 aliphatic carbocycles. The van der Waals surface area contributed by atoms with Crippen LogP contribution in [-0.4, -0.2) is 44.6 Å². The van der Waals surface area contributed by atoms with E-state index in [-0.39, 0.29) is 0 Å². The van der Waals surface area contributed by atoms with Crippen LogP contribution in [0.25, 0.3) is 0 Å². The van der Waals surface area contributed by atoms with Crippen molar-refractivity contribution in [1.29, 1.82) is 0 Å². The minimum absolute atomic E-state index is 0.395. The predicted molar refractivity (Wildman–Crippen MR) is 76.6 cm³/mol. The first kappa shape index (κ1) is 15.7. The van der Waals surface area contributed by atoms with Gasteiger partial charge in [0.2, 0.25) is 12.5 Å². The number of methoxy groups -OCH3 is 2. The maximum atomic E-state index is 12.6. The van der Waals surface area contributed by atoms with Crippen LogP contribution in [0.1, 0.15) is 12.0 Å². The molecule has 1 aliphatic rings. The van der Waals surface area contributed by atoms with Crippen LogP contribution in [0, 0.1) is 10.1 Å². The Bertz CT molecular complexity index is 644. The zero-order chi connectivity index (χ0) is 16.5. The molecule has 0 saturated heterocycles. The molecule has 0 aromatic heterocycles. The average molecular weight is 308 g/mol. The van der Waals surface area contributed by atoms with Crippen molar-refractivity contribution in [3.8, 4) is 5.75 Å². The molecule has 1 aromatic carbocycles. The Hall–Kier alpha value is -2.64. The summed E-state index contributed by atoms with van der Waals surface area (Å²) in [5.41, 5.74) is -0.645. The Kier molecular flexibility index (Phi) is 4.03. The molecule has 8 nitrogen and oxygen atoms in total. The predicted octanol–water partition coefficient (Wildman–Crippen LogP) is 0.749. The first-order valence-corrected chi connectivity index (χ1v) is 6.51. The zero-order valence-corrected chi connectivity index (χ0v) is 12.5. The van der Waals surface area contributed by atoms with Gasteiger partial charge in [0.05, 0.1) is 20.6 Å². The number of hydrogen-bond acceptors (Lipinski definition) is 6. The Morgan fingerprint density at radius 3 is 2.64 bits per heavy atom. The summed E-state index contributed by atoms with van der Waals surface area (Å²) in [5.74, 6) is -0.725. The van der Waals surface area contributed by atoms with Gasteiger partial charge in [0.15, 0.2) is 5.41 Å². The lowest BCUT2D eigenvalue weighted by Gasteiger charge is -2.22. The summed E-state index contributed by atoms with van der Waals surface area (Å²) >= 11 is 0. The SMILES string of the molecule is COC(=O)C[C@]1(C[N+](=O)[O-])C(=O)N(C)c2ccc(OC)cc21. The van der Waals surface area contributed by atoms with E-state index in [1.807, 2.05) is 0 Å². The molecule has 0 N–H and O–H groups in total. The first-order chi connectivity index (χ1) is 10.4. The van der Waals surface area contributed by atoms with Gasteiger partial charge in [-0.1, -0.05) is 0 Å². The van der Waals surface area contributed by atoms with E-state index in [1.54, 1.807) is 18.2 Å². The number of hydrogen-bond donors (Lipinski definition) is 0. The van der Waals surface area contributed by atoms with Gasteiger partial charge < -0.3 is 14.4 Å². The quantitative estimate of drug-likeness (QED) is 0.452. The van der Waals surface area contributed by atoms with Crippen molar-refractivity contribution in [3.05, 3.63) is 33.9 Å². The van der Waals surface area contributed by atoms with Crippen LogP contribution >= 0.6 is 0 Å². The molecule has 118 valence electrons. The number of amides is 1. The maximum absolute atomic E-state index is 12.6. The molecular weight excluding hydrogens is 292 g/mol. The first-order valence-electron chi connectivity index (χ1n) is 6.51. The number of nitrogens with zero attached hydrogens (tertiary/aromatic N) is 2. The van der Waals surface area contributed by atoms with Crippen molar-refractivity contribution in [1.82, 2.24) is 0 Å². The van der Waals surface area contributed by atoms with E-state index in [1.165, 1.54) is 26.2 Å². The minimum atomic E-state index is -1.57. The van der Waals surface area contributed by atoms with E-state index in [2.05, 4.69) is 4.74 Å². The van der Waals surface area contributed by atoms with E-state index in [0.717, 1.165) is 0 Å². The van der Waals surface area contributed by atoms with Gasteiger partial charge in [-0.3, -0.25) is 19.7 Å². The molecule has 0 saturated carbocycles. The van der Waals surface area contributed by atoms with Gasteiger partial charge in [0.1, 0.15) is 5.75 Å². The van der Waals surface area contributed by atoms with E-state index >= 15 is 0 Å². The lowest BCUT2D eigenvalue weighted by atomic mass is 9.78. The lowest BCUT2D eigenvalue weighted by Crippen LogP contribution is -2.45. The summed E-state index contributed by atoms with van der Waals surface area (Å²) in [6, 6.07) is 4.86. The lowest BCUT2D eigenvalue weighted by molar-refractivity contribution is -0.487. The van der Waals surface area contributed by atoms with E-state index in [0.29, 0.717) is 17.0 Å². The third-order valence-electron chi connectivity index (χ3n) is 3.87. The Morgan fingerprint density at radius 1 is 1.41 bits per heavy atom. The van der Waals surface area contributed by atoms with Crippen molar-refractivity contribution >= 4 is 17.6 Å². The molecule has 0 radical (unpaired) electrons. The standard InChI is InChI=1S/C14H16N2O6/c1-15-11-5-4-9(21-2)6-10(11)14(13(15)18,8-16(19)20)7-12(17)22-3/h4-6H,7-8H2,1-3H3/t14-/m1/s1. The topological polar surface area (TPSA) is 99.0 Å². The highest BCUT2D eigenvalue weighted by molar-refractivity contribution is 6.09. The molecule has 2 rings (SSSR count). The van der Waals surface area contributed by atoms with E-state index in [4.69, 9.17) is 4.74 Å². The Balaban J connectivity index is 2.64. The molecule has 1 heterocycles. The molecule has 1 aromatic rings. The van der Waals surface area contributed by atoms with Gasteiger partial charge in [-0.25, -0.2) is 0 Å². The zero-order valence-electron chi connectivity index (χ0n) is 12.5. The number of fused-ring (bicyclic) bond motifs is 1. The maximum Gasteiger partial charge on any atom is 0.307 e. The fourth-order valence-electron chi connectivity index (χ4n) is 2.78. The van der Waals surface area contributed by atoms with Gasteiger partial charge in [0, 0.05) is 23.2 Å². The number of ether oxygens (including phenoxy) is 2. The summed E-state index contributed by atoms with van der Waals surface area (Å²) < 4.78 is 9.73. The fourth-order valence-corrected chi connectivity index (χ4v) is 2.78. The van der Waals surface area contributed by atoms with Crippen LogP contribution in [0.3, 0.4) is 0 Å². The second kappa shape index (κ2) is 5.63.